The summed E-state index contributed by atoms with van der Waals surface area (Å²) in [7, 11) is -4.34. The van der Waals surface area contributed by atoms with Gasteiger partial charge in [0.05, 0.1) is 10.9 Å². The van der Waals surface area contributed by atoms with Gasteiger partial charge < -0.3 is 14.4 Å². The lowest BCUT2D eigenvalue weighted by Crippen LogP contribution is -2.62. The number of carbonyl (C=O) groups is 1. The first-order chi connectivity index (χ1) is 15.8. The van der Waals surface area contributed by atoms with Crippen LogP contribution in [-0.4, -0.2) is 48.9 Å². The van der Waals surface area contributed by atoms with Crippen molar-refractivity contribution in [2.75, 3.05) is 13.1 Å². The third kappa shape index (κ3) is 5.31. The Balaban J connectivity index is 1.52. The number of pyridine rings is 1. The third-order valence-electron chi connectivity index (χ3n) is 6.45. The number of hydrogen-bond donors (Lipinski definition) is 1. The van der Waals surface area contributed by atoms with Crippen molar-refractivity contribution in [1.82, 2.24) is 15.2 Å². The van der Waals surface area contributed by atoms with Crippen LogP contribution in [0.3, 0.4) is 0 Å². The fourth-order valence-electron chi connectivity index (χ4n) is 4.69. The highest BCUT2D eigenvalue weighted by Crippen LogP contribution is 2.39. The predicted octanol–water partition coefficient (Wildman–Crippen LogP) is 4.18. The standard InChI is InChI=1S/C23H27ClFN3O4S/c24-20-16-28(22(29)32-33(30,31)21-8-4-5-14-26-21)15-13-23(20,17-9-11-18(25)12-10-17)27-19-6-2-1-3-7-19/h4-5,8-12,14,19-20,27H,1-3,6-7,13,15-16H2. The first kappa shape index (κ1) is 23.9. The van der Waals surface area contributed by atoms with Crippen molar-refractivity contribution in [1.29, 1.82) is 0 Å². The van der Waals surface area contributed by atoms with Gasteiger partial charge in [0, 0.05) is 25.3 Å². The predicted molar refractivity (Wildman–Crippen MR) is 122 cm³/mol. The van der Waals surface area contributed by atoms with E-state index in [0.717, 1.165) is 31.2 Å². The number of aromatic nitrogens is 1. The first-order valence-electron chi connectivity index (χ1n) is 11.1. The van der Waals surface area contributed by atoms with E-state index in [1.807, 2.05) is 0 Å². The SMILES string of the molecule is O=C(OS(=O)(=O)c1ccccn1)N1CCC(NC2CCCCC2)(c2ccc(F)cc2)C(Cl)C1. The Morgan fingerprint density at radius 2 is 1.88 bits per heavy atom. The van der Waals surface area contributed by atoms with Crippen LogP contribution in [0.2, 0.25) is 0 Å². The maximum atomic E-state index is 13.6. The largest absolute Gasteiger partial charge is 0.425 e. The summed E-state index contributed by atoms with van der Waals surface area (Å²) in [5.74, 6) is -0.335. The lowest BCUT2D eigenvalue weighted by Gasteiger charge is -2.48. The second-order valence-electron chi connectivity index (χ2n) is 8.59. The molecule has 2 fully saturated rings. The molecule has 0 bridgehead atoms. The van der Waals surface area contributed by atoms with Crippen LogP contribution in [0, 0.1) is 5.82 Å². The molecule has 33 heavy (non-hydrogen) atoms. The van der Waals surface area contributed by atoms with Crippen LogP contribution in [0.5, 0.6) is 0 Å². The minimum Gasteiger partial charge on any atom is -0.323 e. The highest BCUT2D eigenvalue weighted by atomic mass is 35.5. The maximum Gasteiger partial charge on any atom is 0.425 e. The number of halogens is 2. The van der Waals surface area contributed by atoms with Crippen molar-refractivity contribution in [3.8, 4) is 0 Å². The first-order valence-corrected chi connectivity index (χ1v) is 13.0. The van der Waals surface area contributed by atoms with Crippen LogP contribution >= 0.6 is 11.6 Å². The monoisotopic (exact) mass is 495 g/mol. The molecule has 1 saturated carbocycles. The van der Waals surface area contributed by atoms with Crippen molar-refractivity contribution < 1.29 is 21.8 Å². The van der Waals surface area contributed by atoms with Crippen LogP contribution in [-0.2, 0) is 19.8 Å². The van der Waals surface area contributed by atoms with Gasteiger partial charge in [0.1, 0.15) is 5.82 Å². The molecule has 0 spiro atoms. The van der Waals surface area contributed by atoms with Gasteiger partial charge in [0.15, 0.2) is 5.03 Å². The van der Waals surface area contributed by atoms with E-state index in [2.05, 4.69) is 10.3 Å². The van der Waals surface area contributed by atoms with E-state index in [4.69, 9.17) is 15.8 Å². The highest BCUT2D eigenvalue weighted by molar-refractivity contribution is 7.87. The van der Waals surface area contributed by atoms with Gasteiger partial charge in [-0.3, -0.25) is 0 Å². The van der Waals surface area contributed by atoms with E-state index in [1.165, 1.54) is 41.8 Å². The molecular weight excluding hydrogens is 469 g/mol. The number of rotatable bonds is 5. The third-order valence-corrected chi connectivity index (χ3v) is 8.08. The number of likely N-dealkylation sites (tertiary alicyclic amines) is 1. The van der Waals surface area contributed by atoms with Crippen LogP contribution in [0.25, 0.3) is 0 Å². The Kier molecular flexibility index (Phi) is 7.21. The molecule has 7 nitrogen and oxygen atoms in total. The molecular formula is C23H27ClFN3O4S. The van der Waals surface area contributed by atoms with E-state index in [1.54, 1.807) is 18.2 Å². The van der Waals surface area contributed by atoms with Crippen molar-refractivity contribution in [2.24, 2.45) is 0 Å². The van der Waals surface area contributed by atoms with Gasteiger partial charge in [-0.05, 0) is 49.1 Å². The van der Waals surface area contributed by atoms with E-state index in [0.29, 0.717) is 6.42 Å². The minimum absolute atomic E-state index is 0.0786. The van der Waals surface area contributed by atoms with Gasteiger partial charge in [-0.15, -0.1) is 11.6 Å². The van der Waals surface area contributed by atoms with Gasteiger partial charge in [-0.25, -0.2) is 14.2 Å². The molecule has 1 aliphatic heterocycles. The number of hydrogen-bond acceptors (Lipinski definition) is 6. The molecule has 1 saturated heterocycles. The summed E-state index contributed by atoms with van der Waals surface area (Å²) in [6, 6.07) is 10.9. The Bertz CT molecular complexity index is 1060. The number of nitrogens with one attached hydrogen (secondary N) is 1. The second kappa shape index (κ2) is 9.95. The van der Waals surface area contributed by atoms with Gasteiger partial charge in [-0.2, -0.15) is 8.42 Å². The summed E-state index contributed by atoms with van der Waals surface area (Å²) in [5.41, 5.74) is 0.178. The zero-order chi connectivity index (χ0) is 23.5. The maximum absolute atomic E-state index is 13.6. The summed E-state index contributed by atoms with van der Waals surface area (Å²) < 4.78 is 43.2. The summed E-state index contributed by atoms with van der Waals surface area (Å²) in [6.07, 6.45) is 6.28. The zero-order valence-corrected chi connectivity index (χ0v) is 19.7. The fourth-order valence-corrected chi connectivity index (χ4v) is 5.97. The van der Waals surface area contributed by atoms with Crippen LogP contribution in [0.15, 0.2) is 53.7 Å². The Morgan fingerprint density at radius 1 is 1.15 bits per heavy atom. The van der Waals surface area contributed by atoms with Crippen LogP contribution in [0.1, 0.15) is 44.1 Å². The second-order valence-corrected chi connectivity index (χ2v) is 10.6. The molecule has 2 heterocycles. The molecule has 1 aromatic heterocycles. The number of amides is 1. The number of benzene rings is 1. The van der Waals surface area contributed by atoms with Crippen LogP contribution in [0.4, 0.5) is 9.18 Å². The van der Waals surface area contributed by atoms with Gasteiger partial charge >= 0.3 is 16.2 Å². The van der Waals surface area contributed by atoms with Crippen molar-refractivity contribution in [2.45, 2.75) is 60.5 Å². The molecule has 1 N–H and O–H groups in total. The van der Waals surface area contributed by atoms with Gasteiger partial charge in [0.2, 0.25) is 0 Å². The minimum atomic E-state index is -4.34. The van der Waals surface area contributed by atoms with E-state index in [-0.39, 0.29) is 30.0 Å². The topological polar surface area (TPSA) is 88.6 Å². The molecule has 0 radical (unpaired) electrons. The zero-order valence-electron chi connectivity index (χ0n) is 18.1. The molecule has 2 aliphatic rings. The van der Waals surface area contributed by atoms with E-state index >= 15 is 0 Å². The summed E-state index contributed by atoms with van der Waals surface area (Å²) >= 11 is 6.89. The van der Waals surface area contributed by atoms with Crippen molar-refractivity contribution >= 4 is 27.8 Å². The van der Waals surface area contributed by atoms with Gasteiger partial charge in [0.25, 0.3) is 0 Å². The van der Waals surface area contributed by atoms with Crippen molar-refractivity contribution in [3.05, 3.63) is 60.0 Å². The molecule has 1 aromatic carbocycles. The normalized spacial score (nSPS) is 24.4. The smallest absolute Gasteiger partial charge is 0.323 e. The lowest BCUT2D eigenvalue weighted by atomic mass is 9.78. The summed E-state index contributed by atoms with van der Waals surface area (Å²) in [6.45, 7) is 0.312. The molecule has 2 unspecified atom stereocenters. The summed E-state index contributed by atoms with van der Waals surface area (Å²) in [5, 5.41) is 2.81. The Labute approximate surface area is 198 Å². The number of piperidine rings is 1. The Hall–Kier alpha value is -2.23. The average Bonchev–Trinajstić information content (AvgIpc) is 2.82. The Morgan fingerprint density at radius 3 is 2.52 bits per heavy atom. The number of nitrogens with zero attached hydrogens (tertiary/aromatic N) is 2. The highest BCUT2D eigenvalue weighted by Gasteiger charge is 2.46. The van der Waals surface area contributed by atoms with Crippen molar-refractivity contribution in [3.63, 3.8) is 0 Å². The lowest BCUT2D eigenvalue weighted by molar-refractivity contribution is 0.106. The number of carbonyl (C=O) groups excluding carboxylic acids is 1. The molecule has 2 atom stereocenters. The quantitative estimate of drug-likeness (QED) is 0.494. The average molecular weight is 496 g/mol. The molecule has 1 amide bonds. The molecule has 10 heteroatoms. The van der Waals surface area contributed by atoms with E-state index < -0.39 is 27.1 Å². The van der Waals surface area contributed by atoms with Crippen LogP contribution < -0.4 is 5.32 Å². The number of alkyl halides is 1. The molecule has 2 aromatic rings. The fraction of sp³-hybridized carbons (Fsp3) is 0.478. The van der Waals surface area contributed by atoms with E-state index in [9.17, 15) is 17.6 Å². The molecule has 4 rings (SSSR count). The molecule has 178 valence electrons. The molecule has 1 aliphatic carbocycles. The summed E-state index contributed by atoms with van der Waals surface area (Å²) in [4.78, 5) is 17.7. The van der Waals surface area contributed by atoms with Gasteiger partial charge in [-0.1, -0.05) is 37.5 Å².